The molecular weight excluding hydrogens is 168 g/mol. The number of nitrogens with zero attached hydrogens (tertiary/aromatic N) is 4. The van der Waals surface area contributed by atoms with Crippen molar-refractivity contribution in [3.8, 4) is 5.88 Å². The zero-order valence-corrected chi connectivity index (χ0v) is 7.51. The minimum absolute atomic E-state index is 0.0952. The van der Waals surface area contributed by atoms with Crippen molar-refractivity contribution in [2.45, 2.75) is 20.0 Å². The van der Waals surface area contributed by atoms with Gasteiger partial charge in [-0.25, -0.2) is 4.98 Å². The molecule has 0 atom stereocenters. The smallest absolute Gasteiger partial charge is 0.213 e. The summed E-state index contributed by atoms with van der Waals surface area (Å²) in [5.41, 5.74) is 8.62. The largest absolute Gasteiger partial charge is 0.475 e. The summed E-state index contributed by atoms with van der Waals surface area (Å²) in [5.74, 6) is 0.534. The Hall–Kier alpha value is -1.74. The maximum atomic E-state index is 8.13. The fourth-order valence-corrected chi connectivity index (χ4v) is 0.794. The molecule has 1 rings (SSSR count). The van der Waals surface area contributed by atoms with Crippen molar-refractivity contribution in [1.82, 2.24) is 4.98 Å². The zero-order valence-electron chi connectivity index (χ0n) is 7.51. The standard InChI is InChI=1S/C8H10N4O/c1-6(2)13-8-4-3-7(5-10-8)11-12-9/h3-6H,1-2H3. The van der Waals surface area contributed by atoms with Crippen LogP contribution in [0.15, 0.2) is 23.4 Å². The highest BCUT2D eigenvalue weighted by molar-refractivity contribution is 5.35. The molecule has 0 spiro atoms. The average Bonchev–Trinajstić information content (AvgIpc) is 2.08. The number of hydrogen-bond donors (Lipinski definition) is 0. The molecule has 13 heavy (non-hydrogen) atoms. The maximum Gasteiger partial charge on any atom is 0.213 e. The average molecular weight is 178 g/mol. The summed E-state index contributed by atoms with van der Waals surface area (Å²) in [6.45, 7) is 3.84. The van der Waals surface area contributed by atoms with Gasteiger partial charge in [-0.2, -0.15) is 0 Å². The zero-order chi connectivity index (χ0) is 9.68. The molecular formula is C8H10N4O. The first-order valence-electron chi connectivity index (χ1n) is 3.90. The topological polar surface area (TPSA) is 70.9 Å². The molecule has 0 unspecified atom stereocenters. The van der Waals surface area contributed by atoms with Gasteiger partial charge in [0, 0.05) is 17.2 Å². The van der Waals surface area contributed by atoms with Gasteiger partial charge in [0.05, 0.1) is 11.8 Å². The summed E-state index contributed by atoms with van der Waals surface area (Å²) in [7, 11) is 0. The minimum Gasteiger partial charge on any atom is -0.475 e. The Kier molecular flexibility index (Phi) is 3.11. The summed E-state index contributed by atoms with van der Waals surface area (Å²) in [5, 5.41) is 3.39. The Morgan fingerprint density at radius 3 is 2.77 bits per heavy atom. The summed E-state index contributed by atoms with van der Waals surface area (Å²) < 4.78 is 5.30. The number of hydrogen-bond acceptors (Lipinski definition) is 3. The van der Waals surface area contributed by atoms with Gasteiger partial charge < -0.3 is 4.74 Å². The van der Waals surface area contributed by atoms with Gasteiger partial charge in [0.2, 0.25) is 5.88 Å². The van der Waals surface area contributed by atoms with Crippen LogP contribution < -0.4 is 4.74 Å². The lowest BCUT2D eigenvalue weighted by molar-refractivity contribution is 0.232. The Labute approximate surface area is 76.0 Å². The molecule has 1 aromatic heterocycles. The van der Waals surface area contributed by atoms with Crippen molar-refractivity contribution in [2.24, 2.45) is 5.11 Å². The van der Waals surface area contributed by atoms with Crippen LogP contribution in [-0.2, 0) is 0 Å². The van der Waals surface area contributed by atoms with E-state index in [1.807, 2.05) is 13.8 Å². The van der Waals surface area contributed by atoms with Crippen LogP contribution in [0, 0.1) is 0 Å². The Morgan fingerprint density at radius 1 is 1.54 bits per heavy atom. The number of rotatable bonds is 3. The molecule has 68 valence electrons. The summed E-state index contributed by atoms with van der Waals surface area (Å²) >= 11 is 0. The SMILES string of the molecule is CC(C)Oc1ccc(N=[N+]=[N-])cn1. The van der Waals surface area contributed by atoms with Gasteiger partial charge in [0.1, 0.15) is 0 Å². The molecule has 5 heteroatoms. The third-order valence-electron chi connectivity index (χ3n) is 1.24. The molecule has 0 saturated heterocycles. The van der Waals surface area contributed by atoms with Crippen molar-refractivity contribution in [3.63, 3.8) is 0 Å². The van der Waals surface area contributed by atoms with Gasteiger partial charge in [0.25, 0.3) is 0 Å². The predicted molar refractivity (Wildman–Crippen MR) is 48.8 cm³/mol. The van der Waals surface area contributed by atoms with Crippen molar-refractivity contribution >= 4 is 5.69 Å². The summed E-state index contributed by atoms with van der Waals surface area (Å²) in [6.07, 6.45) is 1.56. The molecule has 0 amide bonds. The number of aromatic nitrogens is 1. The molecule has 0 aliphatic rings. The molecule has 0 fully saturated rings. The third kappa shape index (κ3) is 3.01. The predicted octanol–water partition coefficient (Wildman–Crippen LogP) is 2.81. The van der Waals surface area contributed by atoms with Crippen LogP contribution in [0.3, 0.4) is 0 Å². The molecule has 0 N–H and O–H groups in total. The lowest BCUT2D eigenvalue weighted by Crippen LogP contribution is -2.06. The van der Waals surface area contributed by atoms with Gasteiger partial charge in [-0.05, 0) is 25.4 Å². The summed E-state index contributed by atoms with van der Waals surface area (Å²) in [4.78, 5) is 6.59. The summed E-state index contributed by atoms with van der Waals surface area (Å²) in [6, 6.07) is 3.33. The first kappa shape index (κ1) is 9.35. The number of pyridine rings is 1. The van der Waals surface area contributed by atoms with Crippen LogP contribution in [0.25, 0.3) is 10.4 Å². The Bertz CT molecular complexity index is 313. The molecule has 0 radical (unpaired) electrons. The van der Waals surface area contributed by atoms with Crippen LogP contribution in [-0.4, -0.2) is 11.1 Å². The monoisotopic (exact) mass is 178 g/mol. The van der Waals surface area contributed by atoms with E-state index >= 15 is 0 Å². The Balaban J connectivity index is 2.75. The quantitative estimate of drug-likeness (QED) is 0.405. The van der Waals surface area contributed by atoms with Crippen LogP contribution in [0.1, 0.15) is 13.8 Å². The fraction of sp³-hybridized carbons (Fsp3) is 0.375. The maximum absolute atomic E-state index is 8.13. The van der Waals surface area contributed by atoms with Gasteiger partial charge in [0.15, 0.2) is 0 Å². The molecule has 0 aliphatic heterocycles. The van der Waals surface area contributed by atoms with Crippen LogP contribution >= 0.6 is 0 Å². The third-order valence-corrected chi connectivity index (χ3v) is 1.24. The van der Waals surface area contributed by atoms with E-state index in [1.165, 1.54) is 6.20 Å². The Morgan fingerprint density at radius 2 is 2.31 bits per heavy atom. The second-order valence-electron chi connectivity index (χ2n) is 2.71. The number of azide groups is 1. The van der Waals surface area contributed by atoms with E-state index < -0.39 is 0 Å². The highest BCUT2D eigenvalue weighted by Crippen LogP contribution is 2.15. The first-order chi connectivity index (χ1) is 6.22. The molecule has 1 heterocycles. The first-order valence-corrected chi connectivity index (χ1v) is 3.90. The highest BCUT2D eigenvalue weighted by Gasteiger charge is 1.97. The van der Waals surface area contributed by atoms with Gasteiger partial charge in [-0.15, -0.1) is 0 Å². The van der Waals surface area contributed by atoms with Crippen molar-refractivity contribution in [3.05, 3.63) is 28.8 Å². The van der Waals surface area contributed by atoms with E-state index in [2.05, 4.69) is 15.0 Å². The lowest BCUT2D eigenvalue weighted by Gasteiger charge is -2.07. The normalized spacial score (nSPS) is 9.46. The van der Waals surface area contributed by atoms with Crippen LogP contribution in [0.4, 0.5) is 5.69 Å². The second kappa shape index (κ2) is 4.33. The van der Waals surface area contributed by atoms with Gasteiger partial charge in [-0.1, -0.05) is 5.11 Å². The lowest BCUT2D eigenvalue weighted by atomic mass is 10.4. The molecule has 0 saturated carbocycles. The van der Waals surface area contributed by atoms with Gasteiger partial charge >= 0.3 is 0 Å². The van der Waals surface area contributed by atoms with E-state index in [9.17, 15) is 0 Å². The molecule has 0 bridgehead atoms. The van der Waals surface area contributed by atoms with E-state index in [0.29, 0.717) is 11.6 Å². The van der Waals surface area contributed by atoms with E-state index in [0.717, 1.165) is 0 Å². The van der Waals surface area contributed by atoms with Crippen LogP contribution in [0.5, 0.6) is 5.88 Å². The van der Waals surface area contributed by atoms with E-state index in [1.54, 1.807) is 12.1 Å². The van der Waals surface area contributed by atoms with E-state index in [-0.39, 0.29) is 6.10 Å². The van der Waals surface area contributed by atoms with Crippen molar-refractivity contribution in [1.29, 1.82) is 0 Å². The fourth-order valence-electron chi connectivity index (χ4n) is 0.794. The van der Waals surface area contributed by atoms with E-state index in [4.69, 9.17) is 10.3 Å². The highest BCUT2D eigenvalue weighted by atomic mass is 16.5. The van der Waals surface area contributed by atoms with Crippen molar-refractivity contribution < 1.29 is 4.74 Å². The number of ether oxygens (including phenoxy) is 1. The molecule has 0 aromatic carbocycles. The van der Waals surface area contributed by atoms with Crippen LogP contribution in [0.2, 0.25) is 0 Å². The second-order valence-corrected chi connectivity index (χ2v) is 2.71. The molecule has 0 aliphatic carbocycles. The molecule has 1 aromatic rings. The van der Waals surface area contributed by atoms with Crippen molar-refractivity contribution in [2.75, 3.05) is 0 Å². The minimum atomic E-state index is 0.0952. The van der Waals surface area contributed by atoms with Gasteiger partial charge in [-0.3, -0.25) is 0 Å². The molecule has 5 nitrogen and oxygen atoms in total.